The molecule has 0 aliphatic heterocycles. The van der Waals surface area contributed by atoms with Crippen LogP contribution in [-0.4, -0.2) is 39.6 Å². The number of rotatable bonds is 5. The molecule has 0 atom stereocenters. The van der Waals surface area contributed by atoms with E-state index in [0.29, 0.717) is 6.04 Å². The van der Waals surface area contributed by atoms with Crippen molar-refractivity contribution >= 4 is 17.8 Å². The Morgan fingerprint density at radius 2 is 2.24 bits per heavy atom. The molecule has 2 amide bonds. The standard InChI is InChI=1S/C9H14N6O2/c10-9-13-7(14-15-9)8(17)11-4-3-6(16)12-5-1-2-5/h5H,1-4H2,(H,11,17)(H,12,16)(H3,10,13,14,15). The van der Waals surface area contributed by atoms with Crippen LogP contribution in [0, 0.1) is 0 Å². The van der Waals surface area contributed by atoms with Crippen LogP contribution in [0.5, 0.6) is 0 Å². The van der Waals surface area contributed by atoms with Crippen LogP contribution in [0.15, 0.2) is 0 Å². The fraction of sp³-hybridized carbons (Fsp3) is 0.556. The fourth-order valence-electron chi connectivity index (χ4n) is 1.28. The zero-order valence-electron chi connectivity index (χ0n) is 9.19. The molecule has 1 aromatic rings. The summed E-state index contributed by atoms with van der Waals surface area (Å²) < 4.78 is 0. The van der Waals surface area contributed by atoms with Gasteiger partial charge in [0.25, 0.3) is 5.91 Å². The van der Waals surface area contributed by atoms with Crippen LogP contribution in [0.2, 0.25) is 0 Å². The summed E-state index contributed by atoms with van der Waals surface area (Å²) in [5.41, 5.74) is 5.26. The minimum atomic E-state index is -0.423. The summed E-state index contributed by atoms with van der Waals surface area (Å²) in [5, 5.41) is 11.3. The van der Waals surface area contributed by atoms with Crippen LogP contribution in [0.4, 0.5) is 5.95 Å². The number of amides is 2. The summed E-state index contributed by atoms with van der Waals surface area (Å²) >= 11 is 0. The zero-order valence-corrected chi connectivity index (χ0v) is 9.19. The molecule has 8 nitrogen and oxygen atoms in total. The largest absolute Gasteiger partial charge is 0.366 e. The molecular formula is C9H14N6O2. The topological polar surface area (TPSA) is 126 Å². The van der Waals surface area contributed by atoms with E-state index in [2.05, 4.69) is 25.8 Å². The monoisotopic (exact) mass is 238 g/mol. The van der Waals surface area contributed by atoms with Gasteiger partial charge in [0.2, 0.25) is 17.7 Å². The molecule has 1 aromatic heterocycles. The van der Waals surface area contributed by atoms with Crippen molar-refractivity contribution in [1.29, 1.82) is 0 Å². The van der Waals surface area contributed by atoms with Crippen LogP contribution in [0.3, 0.4) is 0 Å². The van der Waals surface area contributed by atoms with Crippen LogP contribution in [0.1, 0.15) is 29.9 Å². The third-order valence-corrected chi connectivity index (χ3v) is 2.30. The molecule has 17 heavy (non-hydrogen) atoms. The molecule has 0 unspecified atom stereocenters. The average molecular weight is 238 g/mol. The van der Waals surface area contributed by atoms with E-state index in [-0.39, 0.29) is 30.6 Å². The lowest BCUT2D eigenvalue weighted by molar-refractivity contribution is -0.121. The predicted molar refractivity (Wildman–Crippen MR) is 58.9 cm³/mol. The van der Waals surface area contributed by atoms with E-state index in [1.54, 1.807) is 0 Å². The van der Waals surface area contributed by atoms with Crippen molar-refractivity contribution in [2.24, 2.45) is 0 Å². The smallest absolute Gasteiger partial charge is 0.288 e. The van der Waals surface area contributed by atoms with Crippen molar-refractivity contribution < 1.29 is 9.59 Å². The minimum Gasteiger partial charge on any atom is -0.366 e. The first-order valence-corrected chi connectivity index (χ1v) is 5.40. The highest BCUT2D eigenvalue weighted by Crippen LogP contribution is 2.18. The molecule has 1 saturated carbocycles. The highest BCUT2D eigenvalue weighted by molar-refractivity contribution is 5.90. The molecule has 1 heterocycles. The maximum atomic E-state index is 11.4. The summed E-state index contributed by atoms with van der Waals surface area (Å²) in [5.74, 6) is -0.412. The van der Waals surface area contributed by atoms with Crippen molar-refractivity contribution in [3.63, 3.8) is 0 Å². The van der Waals surface area contributed by atoms with Gasteiger partial charge in [0.1, 0.15) is 0 Å². The van der Waals surface area contributed by atoms with Crippen LogP contribution in [0.25, 0.3) is 0 Å². The third-order valence-electron chi connectivity index (χ3n) is 2.30. The predicted octanol–water partition coefficient (Wildman–Crippen LogP) is -1.21. The van der Waals surface area contributed by atoms with Gasteiger partial charge in [-0.3, -0.25) is 14.7 Å². The fourth-order valence-corrected chi connectivity index (χ4v) is 1.28. The average Bonchev–Trinajstić information content (AvgIpc) is 2.97. The number of carbonyl (C=O) groups is 2. The van der Waals surface area contributed by atoms with Gasteiger partial charge in [-0.05, 0) is 12.8 Å². The van der Waals surface area contributed by atoms with Gasteiger partial charge >= 0.3 is 0 Å². The summed E-state index contributed by atoms with van der Waals surface area (Å²) in [6.45, 7) is 0.262. The number of nitrogens with zero attached hydrogens (tertiary/aromatic N) is 2. The van der Waals surface area contributed by atoms with Gasteiger partial charge in [0, 0.05) is 19.0 Å². The zero-order chi connectivity index (χ0) is 12.3. The van der Waals surface area contributed by atoms with Gasteiger partial charge in [0.05, 0.1) is 0 Å². The molecule has 0 spiro atoms. The molecule has 1 fully saturated rings. The molecule has 0 radical (unpaired) electrons. The first-order chi connectivity index (χ1) is 8.15. The molecule has 1 aliphatic rings. The highest BCUT2D eigenvalue weighted by Gasteiger charge is 2.22. The number of hydrogen-bond donors (Lipinski definition) is 4. The van der Waals surface area contributed by atoms with Gasteiger partial charge in [-0.1, -0.05) is 0 Å². The van der Waals surface area contributed by atoms with Crippen molar-refractivity contribution in [2.75, 3.05) is 12.3 Å². The van der Waals surface area contributed by atoms with E-state index in [9.17, 15) is 9.59 Å². The summed E-state index contributed by atoms with van der Waals surface area (Å²) in [7, 11) is 0. The number of nitrogen functional groups attached to an aromatic ring is 1. The number of nitrogens with one attached hydrogen (secondary N) is 3. The Kier molecular flexibility index (Phi) is 3.22. The summed E-state index contributed by atoms with van der Waals surface area (Å²) in [6, 6.07) is 0.340. The van der Waals surface area contributed by atoms with Gasteiger partial charge in [-0.15, -0.1) is 5.10 Å². The Labute approximate surface area is 97.4 Å². The SMILES string of the molecule is Nc1n[nH]c(C(=O)NCCC(=O)NC2CC2)n1. The van der Waals surface area contributed by atoms with Gasteiger partial charge in [0.15, 0.2) is 0 Å². The maximum absolute atomic E-state index is 11.4. The molecular weight excluding hydrogens is 224 g/mol. The van der Waals surface area contributed by atoms with E-state index >= 15 is 0 Å². The van der Waals surface area contributed by atoms with E-state index in [1.807, 2.05) is 0 Å². The van der Waals surface area contributed by atoms with Crippen molar-refractivity contribution in [3.8, 4) is 0 Å². The van der Waals surface area contributed by atoms with E-state index in [1.165, 1.54) is 0 Å². The second kappa shape index (κ2) is 4.81. The lowest BCUT2D eigenvalue weighted by atomic mass is 10.4. The van der Waals surface area contributed by atoms with Gasteiger partial charge < -0.3 is 16.4 Å². The quantitative estimate of drug-likeness (QED) is 0.512. The molecule has 8 heteroatoms. The number of aromatic nitrogens is 3. The van der Waals surface area contributed by atoms with Crippen LogP contribution >= 0.6 is 0 Å². The summed E-state index contributed by atoms with van der Waals surface area (Å²) in [6.07, 6.45) is 2.36. The molecule has 0 aromatic carbocycles. The van der Waals surface area contributed by atoms with Crippen molar-refractivity contribution in [1.82, 2.24) is 25.8 Å². The Morgan fingerprint density at radius 3 is 2.82 bits per heavy atom. The minimum absolute atomic E-state index is 0.0154. The normalized spacial score (nSPS) is 14.4. The highest BCUT2D eigenvalue weighted by atomic mass is 16.2. The van der Waals surface area contributed by atoms with Crippen LogP contribution in [-0.2, 0) is 4.79 Å². The second-order valence-electron chi connectivity index (χ2n) is 3.89. The van der Waals surface area contributed by atoms with E-state index < -0.39 is 5.91 Å². The van der Waals surface area contributed by atoms with Crippen molar-refractivity contribution in [3.05, 3.63) is 5.82 Å². The van der Waals surface area contributed by atoms with Crippen molar-refractivity contribution in [2.45, 2.75) is 25.3 Å². The Bertz CT molecular complexity index is 425. The lowest BCUT2D eigenvalue weighted by Crippen LogP contribution is -2.32. The first-order valence-electron chi connectivity index (χ1n) is 5.40. The molecule has 1 aliphatic carbocycles. The molecule has 0 bridgehead atoms. The van der Waals surface area contributed by atoms with Gasteiger partial charge in [-0.2, -0.15) is 4.98 Å². The molecule has 5 N–H and O–H groups in total. The number of anilines is 1. The first kappa shape index (κ1) is 11.4. The van der Waals surface area contributed by atoms with Crippen LogP contribution < -0.4 is 16.4 Å². The number of nitrogens with two attached hydrogens (primary N) is 1. The number of aromatic amines is 1. The molecule has 2 rings (SSSR count). The Balaban J connectivity index is 1.67. The van der Waals surface area contributed by atoms with E-state index in [4.69, 9.17) is 5.73 Å². The van der Waals surface area contributed by atoms with E-state index in [0.717, 1.165) is 12.8 Å². The maximum Gasteiger partial charge on any atom is 0.288 e. The Hall–Kier alpha value is -2.12. The summed E-state index contributed by atoms with van der Waals surface area (Å²) in [4.78, 5) is 26.4. The molecule has 0 saturated heterocycles. The number of H-pyrrole nitrogens is 1. The Morgan fingerprint density at radius 1 is 1.47 bits per heavy atom. The molecule has 92 valence electrons. The number of hydrogen-bond acceptors (Lipinski definition) is 5. The second-order valence-corrected chi connectivity index (χ2v) is 3.89. The lowest BCUT2D eigenvalue weighted by Gasteiger charge is -2.03. The number of carbonyl (C=O) groups excluding carboxylic acids is 2. The third kappa shape index (κ3) is 3.44. The van der Waals surface area contributed by atoms with Gasteiger partial charge in [-0.25, -0.2) is 0 Å².